The molecule has 2 heterocycles. The average molecular weight is 732 g/mol. The first-order valence-corrected chi connectivity index (χ1v) is 20.8. The Bertz CT molecular complexity index is 1360. The van der Waals surface area contributed by atoms with E-state index < -0.39 is 0 Å². The quantitative estimate of drug-likeness (QED) is 0.137. The zero-order chi connectivity index (χ0) is 37.8. The van der Waals surface area contributed by atoms with Crippen LogP contribution < -0.4 is 20.4 Å². The van der Waals surface area contributed by atoms with Gasteiger partial charge in [0.25, 0.3) is 0 Å². The second-order valence-electron chi connectivity index (χ2n) is 14.9. The minimum atomic E-state index is 0.0583. The molecule has 0 aromatic heterocycles. The Morgan fingerprint density at radius 3 is 1.64 bits per heavy atom. The van der Waals surface area contributed by atoms with E-state index in [0.29, 0.717) is 19.3 Å². The molecule has 294 valence electrons. The number of unbranched alkanes of at least 4 members (excludes halogenated alkanes) is 2. The van der Waals surface area contributed by atoms with Crippen molar-refractivity contribution in [2.24, 2.45) is 0 Å². The van der Waals surface area contributed by atoms with E-state index in [1.165, 1.54) is 44.5 Å². The van der Waals surface area contributed by atoms with E-state index in [-0.39, 0.29) is 23.8 Å². The molecular weight excluding hydrogens is 663 g/mol. The minimum absolute atomic E-state index is 0.0583. The van der Waals surface area contributed by atoms with E-state index in [9.17, 15) is 14.4 Å². The van der Waals surface area contributed by atoms with Crippen LogP contribution in [-0.2, 0) is 14.4 Å². The fourth-order valence-corrected chi connectivity index (χ4v) is 7.81. The van der Waals surface area contributed by atoms with Gasteiger partial charge in [-0.15, -0.1) is 0 Å². The number of benzene rings is 2. The van der Waals surface area contributed by atoms with Crippen LogP contribution >= 0.6 is 0 Å². The number of carbonyl (C=O) groups is 3. The predicted octanol–water partition coefficient (Wildman–Crippen LogP) is 7.47. The van der Waals surface area contributed by atoms with Crippen LogP contribution in [0.15, 0.2) is 48.5 Å². The maximum absolute atomic E-state index is 13.5. The molecular formula is C43H69N7O3. The third-order valence-corrected chi connectivity index (χ3v) is 11.0. The van der Waals surface area contributed by atoms with Gasteiger partial charge in [0.05, 0.1) is 0 Å². The number of hydrogen-bond donors (Lipinski definition) is 2. The molecule has 1 atom stereocenters. The number of hydrogen-bond acceptors (Lipinski definition) is 7. The van der Waals surface area contributed by atoms with Crippen LogP contribution in [0, 0.1) is 0 Å². The largest absolute Gasteiger partial charge is 0.372 e. The van der Waals surface area contributed by atoms with Crippen LogP contribution in [0.2, 0.25) is 0 Å². The molecule has 0 bridgehead atoms. The Balaban J connectivity index is 1.11. The normalized spacial score (nSPS) is 16.3. The monoisotopic (exact) mass is 732 g/mol. The van der Waals surface area contributed by atoms with Crippen LogP contribution in [0.1, 0.15) is 105 Å². The number of rotatable bonds is 20. The molecule has 1 unspecified atom stereocenters. The zero-order valence-corrected chi connectivity index (χ0v) is 33.4. The van der Waals surface area contributed by atoms with Gasteiger partial charge in [-0.1, -0.05) is 12.8 Å². The van der Waals surface area contributed by atoms with Gasteiger partial charge in [0, 0.05) is 87.3 Å². The van der Waals surface area contributed by atoms with Crippen molar-refractivity contribution in [2.75, 3.05) is 92.4 Å². The lowest BCUT2D eigenvalue weighted by molar-refractivity contribution is -0.131. The molecule has 0 spiro atoms. The molecule has 3 amide bonds. The fourth-order valence-electron chi connectivity index (χ4n) is 7.81. The first-order valence-electron chi connectivity index (χ1n) is 20.8. The van der Waals surface area contributed by atoms with Gasteiger partial charge in [-0.25, -0.2) is 0 Å². The van der Waals surface area contributed by atoms with E-state index >= 15 is 0 Å². The van der Waals surface area contributed by atoms with E-state index in [2.05, 4.69) is 82.2 Å². The highest BCUT2D eigenvalue weighted by Crippen LogP contribution is 2.23. The lowest BCUT2D eigenvalue weighted by Crippen LogP contribution is -2.41. The highest BCUT2D eigenvalue weighted by molar-refractivity contribution is 5.91. The van der Waals surface area contributed by atoms with Gasteiger partial charge >= 0.3 is 0 Å². The van der Waals surface area contributed by atoms with E-state index in [0.717, 1.165) is 108 Å². The molecule has 2 aliphatic heterocycles. The molecule has 2 saturated heterocycles. The summed E-state index contributed by atoms with van der Waals surface area (Å²) in [7, 11) is 0. The summed E-state index contributed by atoms with van der Waals surface area (Å²) in [6.45, 7) is 19.1. The van der Waals surface area contributed by atoms with E-state index in [1.807, 2.05) is 29.2 Å². The molecule has 0 saturated carbocycles. The third-order valence-electron chi connectivity index (χ3n) is 11.0. The molecule has 0 aliphatic carbocycles. The number of carbonyl (C=O) groups excluding carboxylic acids is 3. The Labute approximate surface area is 320 Å². The SMILES string of the molecule is CCN(CC)c1ccc(NC(=O)CCCCN2CCCN(C(=O)CC(C)N(CC)c3ccc(NC(=O)CCCCN4CCCCCC4)cc3)CC2)cc1. The zero-order valence-electron chi connectivity index (χ0n) is 33.4. The summed E-state index contributed by atoms with van der Waals surface area (Å²) in [5, 5.41) is 6.11. The van der Waals surface area contributed by atoms with Gasteiger partial charge in [-0.05, 0) is 154 Å². The summed E-state index contributed by atoms with van der Waals surface area (Å²) in [5.74, 6) is 0.344. The molecule has 2 fully saturated rings. The molecule has 53 heavy (non-hydrogen) atoms. The number of likely N-dealkylation sites (tertiary alicyclic amines) is 1. The first kappa shape index (κ1) is 42.1. The lowest BCUT2D eigenvalue weighted by atomic mass is 10.1. The second kappa shape index (κ2) is 23.2. The molecule has 2 aromatic carbocycles. The van der Waals surface area contributed by atoms with Crippen molar-refractivity contribution in [3.63, 3.8) is 0 Å². The summed E-state index contributed by atoms with van der Waals surface area (Å²) in [5.41, 5.74) is 3.90. The number of amides is 3. The van der Waals surface area contributed by atoms with Crippen molar-refractivity contribution in [2.45, 2.75) is 111 Å². The average Bonchev–Trinajstić information content (AvgIpc) is 3.58. The summed E-state index contributed by atoms with van der Waals surface area (Å²) < 4.78 is 0. The van der Waals surface area contributed by atoms with Crippen LogP contribution in [0.5, 0.6) is 0 Å². The van der Waals surface area contributed by atoms with Crippen LogP contribution in [-0.4, -0.2) is 110 Å². The number of nitrogens with zero attached hydrogens (tertiary/aromatic N) is 5. The highest BCUT2D eigenvalue weighted by atomic mass is 16.2. The van der Waals surface area contributed by atoms with Gasteiger partial charge in [-0.2, -0.15) is 0 Å². The van der Waals surface area contributed by atoms with E-state index in [1.54, 1.807) is 0 Å². The number of anilines is 4. The van der Waals surface area contributed by atoms with Crippen LogP contribution in [0.3, 0.4) is 0 Å². The molecule has 10 heteroatoms. The predicted molar refractivity (Wildman–Crippen MR) is 221 cm³/mol. The summed E-state index contributed by atoms with van der Waals surface area (Å²) in [6.07, 6.45) is 11.6. The lowest BCUT2D eigenvalue weighted by Gasteiger charge is -2.32. The summed E-state index contributed by atoms with van der Waals surface area (Å²) in [4.78, 5) is 50.2. The maximum atomic E-state index is 13.5. The Kier molecular flexibility index (Phi) is 18.5. The first-order chi connectivity index (χ1) is 25.8. The van der Waals surface area contributed by atoms with Crippen molar-refractivity contribution in [3.8, 4) is 0 Å². The van der Waals surface area contributed by atoms with Crippen molar-refractivity contribution < 1.29 is 14.4 Å². The van der Waals surface area contributed by atoms with E-state index in [4.69, 9.17) is 0 Å². The molecule has 4 rings (SSSR count). The topological polar surface area (TPSA) is 91.5 Å². The van der Waals surface area contributed by atoms with Crippen molar-refractivity contribution in [1.29, 1.82) is 0 Å². The van der Waals surface area contributed by atoms with Gasteiger partial charge in [0.1, 0.15) is 0 Å². The molecule has 2 N–H and O–H groups in total. The molecule has 2 aromatic rings. The third kappa shape index (κ3) is 14.6. The molecule has 10 nitrogen and oxygen atoms in total. The smallest absolute Gasteiger partial charge is 0.224 e. The Hall–Kier alpha value is -3.63. The van der Waals surface area contributed by atoms with Crippen molar-refractivity contribution in [1.82, 2.24) is 14.7 Å². The van der Waals surface area contributed by atoms with Gasteiger partial charge in [0.2, 0.25) is 17.7 Å². The van der Waals surface area contributed by atoms with Crippen molar-refractivity contribution >= 4 is 40.5 Å². The highest BCUT2D eigenvalue weighted by Gasteiger charge is 2.23. The molecule has 2 aliphatic rings. The maximum Gasteiger partial charge on any atom is 0.224 e. The standard InChI is InChI=1S/C43H69N7O3/c1-5-48(6-2)39-23-19-37(20-24-39)44-41(51)18-11-15-30-47-31-16-32-49(34-33-47)43(53)35-36(4)50(7-3)40-25-21-38(22-26-40)45-42(52)17-10-14-29-46-27-12-8-9-13-28-46/h19-26,36H,5-18,27-35H2,1-4H3,(H,44,51)(H,45,52). The van der Waals surface area contributed by atoms with Crippen LogP contribution in [0.4, 0.5) is 22.7 Å². The summed E-state index contributed by atoms with van der Waals surface area (Å²) in [6, 6.07) is 16.2. The van der Waals surface area contributed by atoms with Gasteiger partial charge in [0.15, 0.2) is 0 Å². The summed E-state index contributed by atoms with van der Waals surface area (Å²) >= 11 is 0. The second-order valence-corrected chi connectivity index (χ2v) is 14.9. The number of nitrogens with one attached hydrogen (secondary N) is 2. The van der Waals surface area contributed by atoms with Gasteiger partial charge < -0.3 is 35.1 Å². The van der Waals surface area contributed by atoms with Crippen molar-refractivity contribution in [3.05, 3.63) is 48.5 Å². The molecule has 0 radical (unpaired) electrons. The van der Waals surface area contributed by atoms with Crippen LogP contribution in [0.25, 0.3) is 0 Å². The Morgan fingerprint density at radius 1 is 0.604 bits per heavy atom. The van der Waals surface area contributed by atoms with Gasteiger partial charge in [-0.3, -0.25) is 14.4 Å². The Morgan fingerprint density at radius 2 is 1.11 bits per heavy atom. The fraction of sp³-hybridized carbons (Fsp3) is 0.651. The minimum Gasteiger partial charge on any atom is -0.372 e.